The number of rotatable bonds is 3. The van der Waals surface area contributed by atoms with Crippen molar-refractivity contribution in [1.82, 2.24) is 14.6 Å². The minimum atomic E-state index is -0.00773. The first-order valence-electron chi connectivity index (χ1n) is 8.02. The fourth-order valence-corrected chi connectivity index (χ4v) is 3.31. The van der Waals surface area contributed by atoms with E-state index in [-0.39, 0.29) is 11.9 Å². The number of carbonyl (C=O) groups is 1. The fraction of sp³-hybridized carbons (Fsp3) is 0.278. The number of aryl methyl sites for hydroxylation is 1. The van der Waals surface area contributed by atoms with E-state index in [0.29, 0.717) is 5.56 Å². The number of carbonyl (C=O) groups excluding carboxylic acids is 1. The molecule has 122 valence electrons. The number of hydrogen-bond acceptors (Lipinski definition) is 3. The summed E-state index contributed by atoms with van der Waals surface area (Å²) in [5, 5.41) is 4.23. The molecule has 1 fully saturated rings. The van der Waals surface area contributed by atoms with Gasteiger partial charge in [0.05, 0.1) is 16.2 Å². The summed E-state index contributed by atoms with van der Waals surface area (Å²) < 4.78 is 2.62. The summed E-state index contributed by atoms with van der Waals surface area (Å²) in [4.78, 5) is 19.5. The molecule has 0 spiro atoms. The molecule has 0 bridgehead atoms. The molecular formula is C18H17BrN4O. The molecule has 0 atom stereocenters. The molecule has 3 aromatic heterocycles. The van der Waals surface area contributed by atoms with E-state index in [1.165, 1.54) is 0 Å². The molecule has 1 saturated carbocycles. The molecule has 4 rings (SSSR count). The van der Waals surface area contributed by atoms with Gasteiger partial charge in [-0.1, -0.05) is 6.07 Å². The molecule has 6 heteroatoms. The third kappa shape index (κ3) is 2.60. The largest absolute Gasteiger partial charge is 0.290 e. The number of nitrogens with zero attached hydrogens (tertiary/aromatic N) is 4. The Morgan fingerprint density at radius 2 is 2.12 bits per heavy atom. The maximum Gasteiger partial charge on any atom is 0.259 e. The van der Waals surface area contributed by atoms with Gasteiger partial charge in [-0.15, -0.1) is 0 Å². The number of anilines is 1. The van der Waals surface area contributed by atoms with E-state index < -0.39 is 0 Å². The van der Waals surface area contributed by atoms with Crippen molar-refractivity contribution in [2.45, 2.75) is 32.2 Å². The van der Waals surface area contributed by atoms with Crippen LogP contribution < -0.4 is 4.90 Å². The lowest BCUT2D eigenvalue weighted by molar-refractivity contribution is 0.0963. The van der Waals surface area contributed by atoms with Crippen LogP contribution in [0.3, 0.4) is 0 Å². The average molecular weight is 385 g/mol. The Balaban J connectivity index is 1.74. The van der Waals surface area contributed by atoms with Crippen molar-refractivity contribution < 1.29 is 4.79 Å². The maximum absolute atomic E-state index is 13.2. The highest BCUT2D eigenvalue weighted by Crippen LogP contribution is 2.30. The molecule has 0 aromatic carbocycles. The van der Waals surface area contributed by atoms with Crippen LogP contribution in [0.1, 0.15) is 35.2 Å². The number of hydrogen-bond donors (Lipinski definition) is 0. The Morgan fingerprint density at radius 3 is 2.79 bits per heavy atom. The summed E-state index contributed by atoms with van der Waals surface area (Å²) in [5.74, 6) is 0.717. The summed E-state index contributed by atoms with van der Waals surface area (Å²) in [5.41, 5.74) is 2.62. The Kier molecular flexibility index (Phi) is 3.84. The Hall–Kier alpha value is -2.21. The van der Waals surface area contributed by atoms with Gasteiger partial charge in [-0.05, 0) is 65.9 Å². The highest BCUT2D eigenvalue weighted by molar-refractivity contribution is 9.10. The molecule has 0 N–H and O–H groups in total. The van der Waals surface area contributed by atoms with Crippen LogP contribution in [0, 0.1) is 6.92 Å². The zero-order valence-electron chi connectivity index (χ0n) is 13.3. The normalized spacial score (nSPS) is 14.6. The standard InChI is InChI=1S/C18H17BrN4O/c1-12-5-6-17(20-10-12)23(14-3-2-4-14)18(24)13-7-8-22-16(9-13)15(19)11-21-22/h5-11,14H,2-4H2,1H3. The number of amides is 1. The first-order valence-corrected chi connectivity index (χ1v) is 8.82. The van der Waals surface area contributed by atoms with Crippen molar-refractivity contribution in [2.75, 3.05) is 4.90 Å². The smallest absolute Gasteiger partial charge is 0.259 e. The maximum atomic E-state index is 13.2. The molecule has 0 unspecified atom stereocenters. The van der Waals surface area contributed by atoms with Crippen molar-refractivity contribution in [3.63, 3.8) is 0 Å². The van der Waals surface area contributed by atoms with Gasteiger partial charge in [0.2, 0.25) is 0 Å². The zero-order valence-corrected chi connectivity index (χ0v) is 14.9. The molecule has 1 aliphatic rings. The molecule has 1 aliphatic carbocycles. The van der Waals surface area contributed by atoms with E-state index in [9.17, 15) is 4.79 Å². The lowest BCUT2D eigenvalue weighted by atomic mass is 9.91. The van der Waals surface area contributed by atoms with Crippen LogP contribution in [0.25, 0.3) is 5.52 Å². The van der Waals surface area contributed by atoms with Crippen LogP contribution >= 0.6 is 15.9 Å². The molecule has 3 heterocycles. The van der Waals surface area contributed by atoms with Crippen LogP contribution in [0.15, 0.2) is 47.3 Å². The van der Waals surface area contributed by atoms with E-state index in [2.05, 4.69) is 26.0 Å². The van der Waals surface area contributed by atoms with Crippen molar-refractivity contribution in [3.05, 3.63) is 58.5 Å². The quantitative estimate of drug-likeness (QED) is 0.685. The summed E-state index contributed by atoms with van der Waals surface area (Å²) >= 11 is 3.47. The number of pyridine rings is 2. The van der Waals surface area contributed by atoms with Crippen LogP contribution in [-0.4, -0.2) is 26.5 Å². The van der Waals surface area contributed by atoms with Gasteiger partial charge < -0.3 is 0 Å². The average Bonchev–Trinajstić information content (AvgIpc) is 2.92. The van der Waals surface area contributed by atoms with Crippen LogP contribution in [-0.2, 0) is 0 Å². The van der Waals surface area contributed by atoms with Crippen LogP contribution in [0.5, 0.6) is 0 Å². The second kappa shape index (κ2) is 6.02. The van der Waals surface area contributed by atoms with Crippen molar-refractivity contribution in [2.24, 2.45) is 0 Å². The van der Waals surface area contributed by atoms with E-state index in [1.807, 2.05) is 48.5 Å². The van der Waals surface area contributed by atoms with E-state index in [4.69, 9.17) is 0 Å². The number of fused-ring (bicyclic) bond motifs is 1. The fourth-order valence-electron chi connectivity index (χ4n) is 2.93. The van der Waals surface area contributed by atoms with Crippen molar-refractivity contribution >= 4 is 33.2 Å². The van der Waals surface area contributed by atoms with Crippen molar-refractivity contribution in [1.29, 1.82) is 0 Å². The van der Waals surface area contributed by atoms with Gasteiger partial charge in [-0.3, -0.25) is 9.69 Å². The topological polar surface area (TPSA) is 50.5 Å². The molecular weight excluding hydrogens is 368 g/mol. The summed E-state index contributed by atoms with van der Waals surface area (Å²) in [6, 6.07) is 7.85. The van der Waals surface area contributed by atoms with Crippen molar-refractivity contribution in [3.8, 4) is 0 Å². The SMILES string of the molecule is Cc1ccc(N(C(=O)c2ccn3ncc(Br)c3c2)C2CCC2)nc1. The second-order valence-corrected chi connectivity index (χ2v) is 7.05. The van der Waals surface area contributed by atoms with E-state index >= 15 is 0 Å². The minimum Gasteiger partial charge on any atom is -0.290 e. The first kappa shape index (κ1) is 15.3. The molecule has 0 aliphatic heterocycles. The van der Waals surface area contributed by atoms with E-state index in [1.54, 1.807) is 10.7 Å². The first-order chi connectivity index (χ1) is 11.6. The molecule has 0 saturated heterocycles. The molecule has 5 nitrogen and oxygen atoms in total. The van der Waals surface area contributed by atoms with E-state index in [0.717, 1.165) is 40.6 Å². The number of halogens is 1. The van der Waals surface area contributed by atoms with Gasteiger partial charge in [0, 0.05) is 24.0 Å². The Labute approximate surface area is 148 Å². The summed E-state index contributed by atoms with van der Waals surface area (Å²) in [7, 11) is 0. The van der Waals surface area contributed by atoms with Crippen LogP contribution in [0.4, 0.5) is 5.82 Å². The third-order valence-electron chi connectivity index (χ3n) is 4.52. The zero-order chi connectivity index (χ0) is 16.7. The predicted octanol–water partition coefficient (Wildman–Crippen LogP) is 4.00. The highest BCUT2D eigenvalue weighted by Gasteiger charge is 2.31. The van der Waals surface area contributed by atoms with Gasteiger partial charge in [-0.25, -0.2) is 9.50 Å². The molecule has 0 radical (unpaired) electrons. The molecule has 3 aromatic rings. The number of aromatic nitrogens is 3. The van der Waals surface area contributed by atoms with Gasteiger partial charge in [-0.2, -0.15) is 5.10 Å². The van der Waals surface area contributed by atoms with Crippen LogP contribution in [0.2, 0.25) is 0 Å². The highest BCUT2D eigenvalue weighted by atomic mass is 79.9. The Bertz CT molecular complexity index is 899. The Morgan fingerprint density at radius 1 is 1.29 bits per heavy atom. The second-order valence-electron chi connectivity index (χ2n) is 6.19. The summed E-state index contributed by atoms with van der Waals surface area (Å²) in [6.07, 6.45) is 8.57. The summed E-state index contributed by atoms with van der Waals surface area (Å²) in [6.45, 7) is 2.00. The monoisotopic (exact) mass is 384 g/mol. The van der Waals surface area contributed by atoms with Gasteiger partial charge in [0.1, 0.15) is 5.82 Å². The van der Waals surface area contributed by atoms with Gasteiger partial charge in [0.25, 0.3) is 5.91 Å². The van der Waals surface area contributed by atoms with Gasteiger partial charge >= 0.3 is 0 Å². The lowest BCUT2D eigenvalue weighted by Crippen LogP contribution is -2.45. The predicted molar refractivity (Wildman–Crippen MR) is 96.3 cm³/mol. The third-order valence-corrected chi connectivity index (χ3v) is 5.13. The minimum absolute atomic E-state index is 0.00773. The van der Waals surface area contributed by atoms with Gasteiger partial charge in [0.15, 0.2) is 0 Å². The molecule has 24 heavy (non-hydrogen) atoms. The molecule has 1 amide bonds. The lowest BCUT2D eigenvalue weighted by Gasteiger charge is -2.36.